The van der Waals surface area contributed by atoms with Gasteiger partial charge in [0.15, 0.2) is 5.78 Å². The number of hydrogen-bond acceptors (Lipinski definition) is 4. The Morgan fingerprint density at radius 2 is 1.83 bits per heavy atom. The maximum Gasteiger partial charge on any atom is 0.255 e. The number of hydrogen-bond donors (Lipinski definition) is 2. The van der Waals surface area contributed by atoms with Crippen molar-refractivity contribution in [2.75, 3.05) is 5.32 Å². The minimum atomic E-state index is -0.394. The van der Waals surface area contributed by atoms with Gasteiger partial charge in [-0.05, 0) is 43.4 Å². The number of amides is 1. The van der Waals surface area contributed by atoms with E-state index in [9.17, 15) is 9.59 Å². The second-order valence-corrected chi connectivity index (χ2v) is 9.01. The molecule has 0 unspecified atom stereocenters. The van der Waals surface area contributed by atoms with Gasteiger partial charge in [0.2, 0.25) is 0 Å². The van der Waals surface area contributed by atoms with Gasteiger partial charge in [-0.3, -0.25) is 9.59 Å². The van der Waals surface area contributed by atoms with Gasteiger partial charge in [-0.2, -0.15) is 0 Å². The van der Waals surface area contributed by atoms with Crippen molar-refractivity contribution in [3.8, 4) is 0 Å². The van der Waals surface area contributed by atoms with E-state index in [2.05, 4.69) is 29.5 Å². The molecule has 0 saturated carbocycles. The van der Waals surface area contributed by atoms with E-state index in [1.54, 1.807) is 18.3 Å². The number of benzene rings is 1. The summed E-state index contributed by atoms with van der Waals surface area (Å²) in [6.45, 7) is 8.16. The molecule has 2 aliphatic rings. The van der Waals surface area contributed by atoms with E-state index in [4.69, 9.17) is 0 Å². The fourth-order valence-electron chi connectivity index (χ4n) is 4.45. The Balaban J connectivity index is 1.81. The molecule has 0 radical (unpaired) electrons. The van der Waals surface area contributed by atoms with Crippen molar-refractivity contribution in [1.29, 1.82) is 0 Å². The first kappa shape index (κ1) is 20.1. The zero-order valence-corrected chi connectivity index (χ0v) is 17.9. The van der Waals surface area contributed by atoms with E-state index < -0.39 is 5.92 Å². The third-order valence-corrected chi connectivity index (χ3v) is 5.80. The van der Waals surface area contributed by atoms with E-state index in [0.717, 1.165) is 34.5 Å². The Morgan fingerprint density at radius 1 is 1.10 bits per heavy atom. The number of aryl methyl sites for hydroxylation is 1. The summed E-state index contributed by atoms with van der Waals surface area (Å²) in [7, 11) is 0. The van der Waals surface area contributed by atoms with Gasteiger partial charge < -0.3 is 10.6 Å². The topological polar surface area (TPSA) is 71.1 Å². The van der Waals surface area contributed by atoms with Gasteiger partial charge in [0.05, 0.1) is 0 Å². The summed E-state index contributed by atoms with van der Waals surface area (Å²) in [5, 5.41) is 6.29. The van der Waals surface area contributed by atoms with Gasteiger partial charge in [-0.15, -0.1) is 0 Å². The number of aromatic nitrogens is 1. The van der Waals surface area contributed by atoms with Crippen LogP contribution < -0.4 is 10.6 Å². The molecule has 1 aliphatic heterocycles. The van der Waals surface area contributed by atoms with E-state index in [-0.39, 0.29) is 17.1 Å². The maximum atomic E-state index is 13.4. The van der Waals surface area contributed by atoms with Crippen molar-refractivity contribution in [1.82, 2.24) is 10.3 Å². The lowest BCUT2D eigenvalue weighted by molar-refractivity contribution is -0.118. The first-order valence-corrected chi connectivity index (χ1v) is 10.3. The number of dihydropyridines is 1. The van der Waals surface area contributed by atoms with Crippen LogP contribution in [0.25, 0.3) is 0 Å². The summed E-state index contributed by atoms with van der Waals surface area (Å²) >= 11 is 0. The van der Waals surface area contributed by atoms with Crippen LogP contribution in [0.5, 0.6) is 0 Å². The summed E-state index contributed by atoms with van der Waals surface area (Å²) in [5.74, 6) is -0.0427. The molecular weight excluding hydrogens is 374 g/mol. The average Bonchev–Trinajstić information content (AvgIpc) is 2.67. The second kappa shape index (κ2) is 7.56. The average molecular weight is 402 g/mol. The van der Waals surface area contributed by atoms with Crippen molar-refractivity contribution in [3.05, 3.63) is 82.3 Å². The Hall–Kier alpha value is -3.21. The molecule has 2 aromatic rings. The molecule has 1 amide bonds. The molecule has 5 nitrogen and oxygen atoms in total. The minimum Gasteiger partial charge on any atom is -0.362 e. The van der Waals surface area contributed by atoms with Gasteiger partial charge in [0.1, 0.15) is 5.82 Å². The fraction of sp³-hybridized carbons (Fsp3) is 0.320. The van der Waals surface area contributed by atoms with Crippen LogP contribution >= 0.6 is 0 Å². The first-order valence-electron chi connectivity index (χ1n) is 10.3. The molecule has 5 heteroatoms. The number of rotatable bonds is 3. The van der Waals surface area contributed by atoms with Gasteiger partial charge in [0.25, 0.3) is 5.91 Å². The Kier molecular flexibility index (Phi) is 5.06. The number of carbonyl (C=O) groups excluding carboxylic acids is 2. The number of nitrogens with zero attached hydrogens (tertiary/aromatic N) is 1. The summed E-state index contributed by atoms with van der Waals surface area (Å²) in [5.41, 5.74) is 4.99. The Morgan fingerprint density at radius 3 is 2.50 bits per heavy atom. The van der Waals surface area contributed by atoms with Crippen LogP contribution in [0.1, 0.15) is 50.7 Å². The van der Waals surface area contributed by atoms with Crippen LogP contribution in [0, 0.1) is 12.3 Å². The number of pyridine rings is 1. The van der Waals surface area contributed by atoms with Crippen molar-refractivity contribution in [3.63, 3.8) is 0 Å². The molecule has 1 aliphatic carbocycles. The van der Waals surface area contributed by atoms with Crippen LogP contribution in [0.4, 0.5) is 5.82 Å². The lowest BCUT2D eigenvalue weighted by atomic mass is 9.68. The lowest BCUT2D eigenvalue weighted by Gasteiger charge is -2.39. The van der Waals surface area contributed by atoms with Gasteiger partial charge in [-0.25, -0.2) is 4.98 Å². The third-order valence-electron chi connectivity index (χ3n) is 5.80. The number of nitrogens with one attached hydrogen (secondary N) is 2. The van der Waals surface area contributed by atoms with Crippen molar-refractivity contribution in [2.24, 2.45) is 5.41 Å². The molecule has 1 aromatic carbocycles. The summed E-state index contributed by atoms with van der Waals surface area (Å²) in [6.07, 6.45) is 2.90. The molecule has 0 spiro atoms. The largest absolute Gasteiger partial charge is 0.362 e. The molecule has 4 rings (SSSR count). The van der Waals surface area contributed by atoms with Crippen LogP contribution in [0.15, 0.2) is 71.2 Å². The standard InChI is InChI=1S/C25H27N3O2/c1-15-8-10-17(11-9-15)22-21(24(30)28-20-7-5-6-12-26-20)16(2)27-18-13-25(3,4)14-19(29)23(18)22/h5-12,22,27H,13-14H2,1-4H3,(H,26,28,30)/t22-/m1/s1. The third kappa shape index (κ3) is 3.80. The predicted octanol–water partition coefficient (Wildman–Crippen LogP) is 4.63. The molecular formula is C25H27N3O2. The molecule has 1 aromatic heterocycles. The second-order valence-electron chi connectivity index (χ2n) is 9.01. The van der Waals surface area contributed by atoms with Gasteiger partial charge in [-0.1, -0.05) is 49.7 Å². The monoisotopic (exact) mass is 401 g/mol. The first-order chi connectivity index (χ1) is 14.2. The van der Waals surface area contributed by atoms with Crippen molar-refractivity contribution < 1.29 is 9.59 Å². The van der Waals surface area contributed by atoms with E-state index in [1.807, 2.05) is 44.2 Å². The van der Waals surface area contributed by atoms with Gasteiger partial charge >= 0.3 is 0 Å². The van der Waals surface area contributed by atoms with Crippen molar-refractivity contribution >= 4 is 17.5 Å². The maximum absolute atomic E-state index is 13.4. The zero-order valence-electron chi connectivity index (χ0n) is 17.9. The SMILES string of the molecule is CC1=C(C(=O)Nc2ccccn2)[C@@H](c2ccc(C)cc2)C2=C(CC(C)(C)CC2=O)N1. The molecule has 2 N–H and O–H groups in total. The predicted molar refractivity (Wildman–Crippen MR) is 118 cm³/mol. The summed E-state index contributed by atoms with van der Waals surface area (Å²) < 4.78 is 0. The van der Waals surface area contributed by atoms with Gasteiger partial charge in [0, 0.05) is 41.1 Å². The number of anilines is 1. The molecule has 2 heterocycles. The molecule has 0 fully saturated rings. The smallest absolute Gasteiger partial charge is 0.255 e. The molecule has 0 bridgehead atoms. The number of ketones is 1. The minimum absolute atomic E-state index is 0.102. The van der Waals surface area contributed by atoms with Crippen LogP contribution in [0.2, 0.25) is 0 Å². The number of Topliss-reactive ketones (excluding diaryl/α,β-unsaturated/α-hetero) is 1. The zero-order chi connectivity index (χ0) is 21.5. The highest BCUT2D eigenvalue weighted by atomic mass is 16.2. The van der Waals surface area contributed by atoms with Crippen LogP contribution in [-0.2, 0) is 9.59 Å². The van der Waals surface area contributed by atoms with Crippen LogP contribution in [-0.4, -0.2) is 16.7 Å². The van der Waals surface area contributed by atoms with E-state index >= 15 is 0 Å². The molecule has 154 valence electrons. The Bertz CT molecular complexity index is 1060. The summed E-state index contributed by atoms with van der Waals surface area (Å²) in [4.78, 5) is 30.8. The van der Waals surface area contributed by atoms with Crippen LogP contribution in [0.3, 0.4) is 0 Å². The highest BCUT2D eigenvalue weighted by Crippen LogP contribution is 2.46. The highest BCUT2D eigenvalue weighted by Gasteiger charge is 2.42. The Labute approximate surface area is 177 Å². The number of allylic oxidation sites excluding steroid dienone is 3. The van der Waals surface area contributed by atoms with Crippen molar-refractivity contribution in [2.45, 2.75) is 46.5 Å². The number of carbonyl (C=O) groups is 2. The quantitative estimate of drug-likeness (QED) is 0.786. The molecule has 30 heavy (non-hydrogen) atoms. The highest BCUT2D eigenvalue weighted by molar-refractivity contribution is 6.09. The molecule has 1 atom stereocenters. The molecule has 0 saturated heterocycles. The lowest BCUT2D eigenvalue weighted by Crippen LogP contribution is -2.39. The van der Waals surface area contributed by atoms with E-state index in [1.165, 1.54) is 0 Å². The van der Waals surface area contributed by atoms with E-state index in [0.29, 0.717) is 17.8 Å². The fourth-order valence-corrected chi connectivity index (χ4v) is 4.45. The normalized spacial score (nSPS) is 20.5. The summed E-state index contributed by atoms with van der Waals surface area (Å²) in [6, 6.07) is 13.5.